The average Bonchev–Trinajstić information content (AvgIpc) is 2.99. The molecular weight excluding hydrogens is 365 g/mol. The van der Waals surface area contributed by atoms with Crippen LogP contribution < -0.4 is 4.90 Å². The minimum Gasteiger partial charge on any atom is -0.308 e. The van der Waals surface area contributed by atoms with Crippen LogP contribution in [-0.4, -0.2) is 36.0 Å². The van der Waals surface area contributed by atoms with Gasteiger partial charge in [0, 0.05) is 30.9 Å². The Balaban J connectivity index is 1.32. The van der Waals surface area contributed by atoms with E-state index in [-0.39, 0.29) is 24.2 Å². The van der Waals surface area contributed by atoms with Crippen LogP contribution in [0.15, 0.2) is 18.2 Å². The molecule has 4 aliphatic rings. The van der Waals surface area contributed by atoms with Crippen LogP contribution in [0.1, 0.15) is 69.3 Å². The molecule has 29 heavy (non-hydrogen) atoms. The van der Waals surface area contributed by atoms with E-state index in [1.165, 1.54) is 50.7 Å². The summed E-state index contributed by atoms with van der Waals surface area (Å²) in [4.78, 5) is 17.8. The summed E-state index contributed by atoms with van der Waals surface area (Å²) in [6, 6.07) is 7.65. The van der Waals surface area contributed by atoms with Crippen molar-refractivity contribution in [1.82, 2.24) is 4.90 Å². The normalized spacial score (nSPS) is 32.8. The monoisotopic (exact) mass is 395 g/mol. The number of hydrogen-bond donors (Lipinski definition) is 0. The molecule has 0 N–H and O–H groups in total. The largest absolute Gasteiger partial charge is 0.308 e. The van der Waals surface area contributed by atoms with Crippen LogP contribution in [0.2, 0.25) is 0 Å². The van der Waals surface area contributed by atoms with E-state index in [1.807, 2.05) is 4.90 Å². The molecule has 0 spiro atoms. The van der Waals surface area contributed by atoms with Gasteiger partial charge in [-0.3, -0.25) is 9.69 Å². The molecule has 2 bridgehead atoms. The van der Waals surface area contributed by atoms with Crippen LogP contribution in [0.3, 0.4) is 0 Å². The molecule has 1 saturated heterocycles. The van der Waals surface area contributed by atoms with Crippen molar-refractivity contribution in [2.24, 2.45) is 11.8 Å². The number of benzene rings is 1. The number of fused-ring (bicyclic) bond motifs is 3. The molecule has 0 aromatic heterocycles. The molecule has 4 nitrogen and oxygen atoms in total. The van der Waals surface area contributed by atoms with Crippen LogP contribution in [0.5, 0.6) is 0 Å². The van der Waals surface area contributed by atoms with Gasteiger partial charge in [-0.15, -0.1) is 0 Å². The summed E-state index contributed by atoms with van der Waals surface area (Å²) in [5.41, 5.74) is 1.52. The maximum atomic E-state index is 13.8. The molecule has 5 rings (SSSR count). The summed E-state index contributed by atoms with van der Waals surface area (Å²) in [5.74, 6) is 0.883. The molecule has 2 heterocycles. The van der Waals surface area contributed by atoms with Crippen LogP contribution >= 0.6 is 0 Å². The van der Waals surface area contributed by atoms with Crippen molar-refractivity contribution in [3.05, 3.63) is 29.6 Å². The van der Waals surface area contributed by atoms with Crippen molar-refractivity contribution in [1.29, 1.82) is 5.26 Å². The summed E-state index contributed by atoms with van der Waals surface area (Å²) >= 11 is 0. The van der Waals surface area contributed by atoms with Gasteiger partial charge in [0.2, 0.25) is 5.91 Å². The van der Waals surface area contributed by atoms with Gasteiger partial charge in [0.05, 0.1) is 18.4 Å². The number of carbonyl (C=O) groups is 1. The molecule has 2 aliphatic carbocycles. The van der Waals surface area contributed by atoms with Gasteiger partial charge < -0.3 is 4.90 Å². The van der Waals surface area contributed by atoms with Crippen molar-refractivity contribution in [2.45, 2.75) is 75.8 Å². The molecule has 1 aromatic rings. The summed E-state index contributed by atoms with van der Waals surface area (Å²) in [5, 5.41) is 9.17. The lowest BCUT2D eigenvalue weighted by molar-refractivity contribution is -0.120. The van der Waals surface area contributed by atoms with Gasteiger partial charge in [0.15, 0.2) is 0 Å². The Labute approximate surface area is 172 Å². The third-order valence-electron chi connectivity index (χ3n) is 8.01. The zero-order valence-electron chi connectivity index (χ0n) is 17.0. The second kappa shape index (κ2) is 7.72. The standard InChI is InChI=1S/C24H30FN3O/c25-18-7-8-22-21(15-18)20(9-12-26)24(29)28(22)19-10-13-27(14-11-19)23-16-3-1-4-17(23)6-2-5-16/h7-8,15-17,19-20,23H,1-6,9-11,13-14H2. The van der Waals surface area contributed by atoms with Gasteiger partial charge in [0.25, 0.3) is 0 Å². The third-order valence-corrected chi connectivity index (χ3v) is 8.01. The number of hydrogen-bond acceptors (Lipinski definition) is 3. The molecule has 3 fully saturated rings. The highest BCUT2D eigenvalue weighted by Crippen LogP contribution is 2.45. The first-order valence-corrected chi connectivity index (χ1v) is 11.4. The van der Waals surface area contributed by atoms with E-state index in [9.17, 15) is 14.4 Å². The van der Waals surface area contributed by atoms with E-state index in [0.717, 1.165) is 49.5 Å². The molecule has 5 heteroatoms. The Hall–Kier alpha value is -1.93. The van der Waals surface area contributed by atoms with Crippen LogP contribution in [0.25, 0.3) is 0 Å². The van der Waals surface area contributed by atoms with E-state index >= 15 is 0 Å². The van der Waals surface area contributed by atoms with Crippen molar-refractivity contribution in [3.63, 3.8) is 0 Å². The van der Waals surface area contributed by atoms with E-state index in [4.69, 9.17) is 0 Å². The maximum Gasteiger partial charge on any atom is 0.235 e. The number of nitriles is 1. The molecule has 1 amide bonds. The lowest BCUT2D eigenvalue weighted by atomic mass is 9.67. The fourth-order valence-electron chi connectivity index (χ4n) is 6.79. The van der Waals surface area contributed by atoms with Gasteiger partial charge in [-0.1, -0.05) is 12.8 Å². The smallest absolute Gasteiger partial charge is 0.235 e. The number of anilines is 1. The number of piperidine rings is 1. The minimum atomic E-state index is -0.513. The van der Waals surface area contributed by atoms with Crippen LogP contribution in [0.4, 0.5) is 10.1 Å². The molecule has 1 aromatic carbocycles. The van der Waals surface area contributed by atoms with E-state index < -0.39 is 5.92 Å². The summed E-state index contributed by atoms with van der Waals surface area (Å²) in [6.45, 7) is 2.09. The number of likely N-dealkylation sites (tertiary alicyclic amines) is 1. The van der Waals surface area contributed by atoms with Gasteiger partial charge in [-0.05, 0) is 74.1 Å². The summed E-state index contributed by atoms with van der Waals surface area (Å²) in [6.07, 6.45) is 10.4. The van der Waals surface area contributed by atoms with Crippen molar-refractivity contribution >= 4 is 11.6 Å². The fraction of sp³-hybridized carbons (Fsp3) is 0.667. The van der Waals surface area contributed by atoms with Gasteiger partial charge in [0.1, 0.15) is 5.82 Å². The van der Waals surface area contributed by atoms with Crippen molar-refractivity contribution in [3.8, 4) is 6.07 Å². The average molecular weight is 396 g/mol. The van der Waals surface area contributed by atoms with E-state index in [2.05, 4.69) is 11.0 Å². The Kier molecular flexibility index (Phi) is 5.07. The van der Waals surface area contributed by atoms with Crippen LogP contribution in [-0.2, 0) is 4.79 Å². The number of nitrogens with zero attached hydrogens (tertiary/aromatic N) is 3. The Bertz CT molecular complexity index is 804. The maximum absolute atomic E-state index is 13.8. The molecule has 2 aliphatic heterocycles. The number of carbonyl (C=O) groups excluding carboxylic acids is 1. The highest BCUT2D eigenvalue weighted by molar-refractivity contribution is 6.05. The molecule has 1 unspecified atom stereocenters. The third kappa shape index (κ3) is 3.26. The van der Waals surface area contributed by atoms with Crippen molar-refractivity contribution in [2.75, 3.05) is 18.0 Å². The first-order chi connectivity index (χ1) is 14.2. The molecule has 1 atom stereocenters. The first kappa shape index (κ1) is 19.1. The Morgan fingerprint density at radius 1 is 1.03 bits per heavy atom. The molecular formula is C24H30FN3O. The molecule has 2 saturated carbocycles. The highest BCUT2D eigenvalue weighted by Gasteiger charge is 2.44. The fourth-order valence-corrected chi connectivity index (χ4v) is 6.79. The predicted octanol–water partition coefficient (Wildman–Crippen LogP) is 4.60. The highest BCUT2D eigenvalue weighted by atomic mass is 19.1. The SMILES string of the molecule is N#CCC1C(=O)N(C2CCN(C3C4CCCC3CCC4)CC2)c2ccc(F)cc21. The predicted molar refractivity (Wildman–Crippen MR) is 110 cm³/mol. The zero-order chi connectivity index (χ0) is 20.0. The number of halogens is 1. The van der Waals surface area contributed by atoms with Crippen molar-refractivity contribution < 1.29 is 9.18 Å². The first-order valence-electron chi connectivity index (χ1n) is 11.4. The number of rotatable bonds is 3. The Morgan fingerprint density at radius 2 is 1.69 bits per heavy atom. The Morgan fingerprint density at radius 3 is 2.31 bits per heavy atom. The lowest BCUT2D eigenvalue weighted by Gasteiger charge is -2.50. The number of amides is 1. The summed E-state index contributed by atoms with van der Waals surface area (Å²) < 4.78 is 13.8. The van der Waals surface area contributed by atoms with Crippen LogP contribution in [0, 0.1) is 29.0 Å². The lowest BCUT2D eigenvalue weighted by Crippen LogP contribution is -2.55. The topological polar surface area (TPSA) is 47.3 Å². The zero-order valence-corrected chi connectivity index (χ0v) is 17.0. The quantitative estimate of drug-likeness (QED) is 0.751. The van der Waals surface area contributed by atoms with E-state index in [0.29, 0.717) is 5.56 Å². The van der Waals surface area contributed by atoms with E-state index in [1.54, 1.807) is 6.07 Å². The summed E-state index contributed by atoms with van der Waals surface area (Å²) in [7, 11) is 0. The van der Waals surface area contributed by atoms with Gasteiger partial charge in [-0.25, -0.2) is 4.39 Å². The van der Waals surface area contributed by atoms with Gasteiger partial charge >= 0.3 is 0 Å². The second-order valence-electron chi connectivity index (χ2n) is 9.47. The molecule has 154 valence electrons. The van der Waals surface area contributed by atoms with Gasteiger partial charge in [-0.2, -0.15) is 5.26 Å². The minimum absolute atomic E-state index is 0.0138. The molecule has 0 radical (unpaired) electrons. The second-order valence-corrected chi connectivity index (χ2v) is 9.47.